The number of anilines is 1. The van der Waals surface area contributed by atoms with E-state index in [4.69, 9.17) is 0 Å². The minimum atomic E-state index is -0.0234. The zero-order chi connectivity index (χ0) is 21.7. The number of amides is 1. The quantitative estimate of drug-likeness (QED) is 0.386. The van der Waals surface area contributed by atoms with E-state index in [0.29, 0.717) is 11.7 Å². The van der Waals surface area contributed by atoms with Gasteiger partial charge in [-0.25, -0.2) is 0 Å². The van der Waals surface area contributed by atoms with E-state index in [2.05, 4.69) is 72.7 Å². The number of aryl methyl sites for hydroxylation is 3. The van der Waals surface area contributed by atoms with Crippen LogP contribution in [0.15, 0.2) is 45.1 Å². The molecule has 4 nitrogen and oxygen atoms in total. The molecule has 0 fully saturated rings. The highest BCUT2D eigenvalue weighted by atomic mass is 32.2. The lowest BCUT2D eigenvalue weighted by Crippen LogP contribution is -2.15. The third-order valence-corrected chi connectivity index (χ3v) is 7.93. The summed E-state index contributed by atoms with van der Waals surface area (Å²) in [5.41, 5.74) is 6.91. The number of nitrogens with one attached hydrogen (secondary N) is 1. The summed E-state index contributed by atoms with van der Waals surface area (Å²) in [5.74, 6) is 1.71. The predicted octanol–water partition coefficient (Wildman–Crippen LogP) is 6.61. The SMILES string of the molecule is Cc1cc(C)c(NC(=O)CSc2nnc(SCc3ccc(C(C)C)cc3)s2)c(C)c1. The number of benzene rings is 2. The van der Waals surface area contributed by atoms with Crippen molar-refractivity contribution >= 4 is 46.5 Å². The highest BCUT2D eigenvalue weighted by molar-refractivity contribution is 8.03. The molecule has 3 aromatic rings. The maximum Gasteiger partial charge on any atom is 0.234 e. The maximum atomic E-state index is 12.4. The summed E-state index contributed by atoms with van der Waals surface area (Å²) in [6, 6.07) is 12.9. The predicted molar refractivity (Wildman–Crippen MR) is 130 cm³/mol. The van der Waals surface area contributed by atoms with Crippen LogP contribution in [0.25, 0.3) is 0 Å². The third kappa shape index (κ3) is 6.33. The van der Waals surface area contributed by atoms with Gasteiger partial charge in [0, 0.05) is 11.4 Å². The molecule has 1 N–H and O–H groups in total. The van der Waals surface area contributed by atoms with E-state index in [-0.39, 0.29) is 5.91 Å². The molecule has 0 radical (unpaired) electrons. The number of hydrogen-bond acceptors (Lipinski definition) is 6. The van der Waals surface area contributed by atoms with E-state index in [1.807, 2.05) is 13.8 Å². The minimum absolute atomic E-state index is 0.0234. The summed E-state index contributed by atoms with van der Waals surface area (Å²) >= 11 is 4.65. The Kier molecular flexibility index (Phi) is 7.97. The standard InChI is InChI=1S/C23H27N3OS3/c1-14(2)19-8-6-18(7-9-19)12-28-22-25-26-23(30-22)29-13-20(27)24-21-16(4)10-15(3)11-17(21)5/h6-11,14H,12-13H2,1-5H3,(H,24,27). The van der Waals surface area contributed by atoms with Gasteiger partial charge in [-0.05, 0) is 48.9 Å². The first-order valence-electron chi connectivity index (χ1n) is 9.87. The van der Waals surface area contributed by atoms with Crippen LogP contribution in [0, 0.1) is 20.8 Å². The Morgan fingerprint density at radius 2 is 1.60 bits per heavy atom. The molecule has 7 heteroatoms. The fourth-order valence-electron chi connectivity index (χ4n) is 3.14. The number of aromatic nitrogens is 2. The van der Waals surface area contributed by atoms with Crippen LogP contribution >= 0.6 is 34.9 Å². The molecule has 2 aromatic carbocycles. The molecule has 0 atom stereocenters. The highest BCUT2D eigenvalue weighted by Crippen LogP contribution is 2.31. The molecule has 0 spiro atoms. The minimum Gasteiger partial charge on any atom is -0.325 e. The average Bonchev–Trinajstić information content (AvgIpc) is 3.16. The first-order chi connectivity index (χ1) is 14.3. The molecule has 1 heterocycles. The Morgan fingerprint density at radius 1 is 1.00 bits per heavy atom. The van der Waals surface area contributed by atoms with Crippen molar-refractivity contribution in [3.63, 3.8) is 0 Å². The summed E-state index contributed by atoms with van der Waals surface area (Å²) in [5, 5.41) is 11.5. The van der Waals surface area contributed by atoms with Gasteiger partial charge >= 0.3 is 0 Å². The van der Waals surface area contributed by atoms with Crippen LogP contribution in [0.4, 0.5) is 5.69 Å². The smallest absolute Gasteiger partial charge is 0.234 e. The van der Waals surface area contributed by atoms with Gasteiger partial charge in [0.05, 0.1) is 5.75 Å². The van der Waals surface area contributed by atoms with Crippen LogP contribution in [0.2, 0.25) is 0 Å². The average molecular weight is 458 g/mol. The van der Waals surface area contributed by atoms with E-state index in [1.165, 1.54) is 28.5 Å². The summed E-state index contributed by atoms with van der Waals surface area (Å²) in [7, 11) is 0. The molecule has 158 valence electrons. The van der Waals surface area contributed by atoms with Crippen molar-refractivity contribution in [2.24, 2.45) is 0 Å². The Hall–Kier alpha value is -1.83. The molecule has 0 unspecified atom stereocenters. The van der Waals surface area contributed by atoms with Crippen LogP contribution in [0.1, 0.15) is 47.6 Å². The van der Waals surface area contributed by atoms with Crippen molar-refractivity contribution in [2.45, 2.75) is 55.0 Å². The Bertz CT molecular complexity index is 990. The molecule has 30 heavy (non-hydrogen) atoms. The number of hydrogen-bond donors (Lipinski definition) is 1. The van der Waals surface area contributed by atoms with Crippen LogP contribution in [0.3, 0.4) is 0 Å². The molecule has 0 saturated carbocycles. The van der Waals surface area contributed by atoms with Gasteiger partial charge in [-0.15, -0.1) is 10.2 Å². The first-order valence-corrected chi connectivity index (χ1v) is 12.7. The van der Waals surface area contributed by atoms with E-state index < -0.39 is 0 Å². The molecular weight excluding hydrogens is 430 g/mol. The van der Waals surface area contributed by atoms with Gasteiger partial charge < -0.3 is 5.32 Å². The molecule has 0 aliphatic heterocycles. The van der Waals surface area contributed by atoms with Crippen LogP contribution < -0.4 is 5.32 Å². The lowest BCUT2D eigenvalue weighted by Gasteiger charge is -2.12. The molecule has 1 amide bonds. The van der Waals surface area contributed by atoms with Crippen LogP contribution in [0.5, 0.6) is 0 Å². The maximum absolute atomic E-state index is 12.4. The lowest BCUT2D eigenvalue weighted by atomic mass is 10.0. The summed E-state index contributed by atoms with van der Waals surface area (Å²) < 4.78 is 1.75. The van der Waals surface area contributed by atoms with E-state index >= 15 is 0 Å². The number of carbonyl (C=O) groups excluding carboxylic acids is 1. The lowest BCUT2D eigenvalue weighted by molar-refractivity contribution is -0.113. The summed E-state index contributed by atoms with van der Waals surface area (Å²) in [4.78, 5) is 12.4. The summed E-state index contributed by atoms with van der Waals surface area (Å²) in [6.45, 7) is 10.5. The van der Waals surface area contributed by atoms with Gasteiger partial charge in [-0.2, -0.15) is 0 Å². The van der Waals surface area contributed by atoms with Crippen molar-refractivity contribution < 1.29 is 4.79 Å². The van der Waals surface area contributed by atoms with Crippen molar-refractivity contribution in [1.29, 1.82) is 0 Å². The fraction of sp³-hybridized carbons (Fsp3) is 0.348. The molecule has 0 aliphatic carbocycles. The molecular formula is C23H27N3OS3. The topological polar surface area (TPSA) is 54.9 Å². The Labute approximate surface area is 191 Å². The molecule has 0 aliphatic rings. The molecule has 3 rings (SSSR count). The van der Waals surface area contributed by atoms with Crippen molar-refractivity contribution in [1.82, 2.24) is 10.2 Å². The van der Waals surface area contributed by atoms with E-state index in [0.717, 1.165) is 31.2 Å². The van der Waals surface area contributed by atoms with Crippen molar-refractivity contribution in [2.75, 3.05) is 11.1 Å². The summed E-state index contributed by atoms with van der Waals surface area (Å²) in [6.07, 6.45) is 0. The number of nitrogens with zero attached hydrogens (tertiary/aromatic N) is 2. The van der Waals surface area contributed by atoms with E-state index in [1.54, 1.807) is 23.1 Å². The Balaban J connectivity index is 1.49. The normalized spacial score (nSPS) is 11.1. The number of carbonyl (C=O) groups is 1. The van der Waals surface area contributed by atoms with Gasteiger partial charge in [0.15, 0.2) is 8.68 Å². The van der Waals surface area contributed by atoms with Gasteiger partial charge in [-0.3, -0.25) is 4.79 Å². The Morgan fingerprint density at radius 3 is 2.20 bits per heavy atom. The first kappa shape index (κ1) is 22.8. The monoisotopic (exact) mass is 457 g/mol. The van der Waals surface area contributed by atoms with Gasteiger partial charge in [0.2, 0.25) is 5.91 Å². The van der Waals surface area contributed by atoms with Crippen LogP contribution in [-0.2, 0) is 10.5 Å². The zero-order valence-corrected chi connectivity index (χ0v) is 20.4. The van der Waals surface area contributed by atoms with Gasteiger partial charge in [0.1, 0.15) is 0 Å². The second-order valence-corrected chi connectivity index (χ2v) is 11.1. The second-order valence-electron chi connectivity index (χ2n) is 7.63. The van der Waals surface area contributed by atoms with Crippen LogP contribution in [-0.4, -0.2) is 21.9 Å². The van der Waals surface area contributed by atoms with Crippen molar-refractivity contribution in [3.05, 3.63) is 64.2 Å². The fourth-order valence-corrected chi connectivity index (χ4v) is 5.91. The number of rotatable bonds is 8. The van der Waals surface area contributed by atoms with Crippen molar-refractivity contribution in [3.8, 4) is 0 Å². The second kappa shape index (κ2) is 10.5. The molecule has 0 saturated heterocycles. The highest BCUT2D eigenvalue weighted by Gasteiger charge is 2.12. The molecule has 1 aromatic heterocycles. The van der Waals surface area contributed by atoms with E-state index in [9.17, 15) is 4.79 Å². The number of thioether (sulfide) groups is 2. The van der Waals surface area contributed by atoms with Gasteiger partial charge in [-0.1, -0.05) is 90.7 Å². The largest absolute Gasteiger partial charge is 0.325 e. The van der Waals surface area contributed by atoms with Gasteiger partial charge in [0.25, 0.3) is 0 Å². The third-order valence-electron chi connectivity index (χ3n) is 4.66. The zero-order valence-electron chi connectivity index (χ0n) is 18.0. The molecule has 0 bridgehead atoms.